The summed E-state index contributed by atoms with van der Waals surface area (Å²) < 4.78 is 9.43. The third-order valence-corrected chi connectivity index (χ3v) is 2.01. The number of methoxy groups -OCH3 is 1. The Morgan fingerprint density at radius 2 is 2.35 bits per heavy atom. The van der Waals surface area contributed by atoms with Crippen LogP contribution in [0.25, 0.3) is 0 Å². The Hall–Kier alpha value is -2.11. The number of carbonyl (C=O) groups excluding carboxylic acids is 2. The van der Waals surface area contributed by atoms with Crippen molar-refractivity contribution in [3.05, 3.63) is 30.0 Å². The Bertz CT molecular complexity index is 423. The van der Waals surface area contributed by atoms with E-state index in [1.165, 1.54) is 25.7 Å². The Morgan fingerprint density at radius 3 is 3.00 bits per heavy atom. The number of hydrogen-bond acceptors (Lipinski definition) is 5. The van der Waals surface area contributed by atoms with E-state index in [0.29, 0.717) is 12.2 Å². The summed E-state index contributed by atoms with van der Waals surface area (Å²) in [5.41, 5.74) is 0.277. The van der Waals surface area contributed by atoms with Gasteiger partial charge in [0.2, 0.25) is 0 Å². The highest BCUT2D eigenvalue weighted by Crippen LogP contribution is 2.06. The van der Waals surface area contributed by atoms with Crippen LogP contribution in [0.3, 0.4) is 0 Å². The standard InChI is InChI=1S/C11H14N2O4/c1-3-8-10(13-7-17-8)11(15)12-6-4-5-9(14)16-2/h4-5,7H,3,6H2,1-2H3,(H,12,15)/b5-4+. The zero-order chi connectivity index (χ0) is 12.7. The molecule has 0 aromatic carbocycles. The van der Waals surface area contributed by atoms with Crippen LogP contribution < -0.4 is 5.32 Å². The molecule has 0 aliphatic heterocycles. The number of oxazole rings is 1. The maximum absolute atomic E-state index is 11.6. The Kier molecular flexibility index (Phi) is 4.93. The highest BCUT2D eigenvalue weighted by molar-refractivity contribution is 5.93. The maximum atomic E-state index is 11.6. The lowest BCUT2D eigenvalue weighted by Gasteiger charge is -1.99. The molecule has 0 unspecified atom stereocenters. The fourth-order valence-corrected chi connectivity index (χ4v) is 1.17. The van der Waals surface area contributed by atoms with E-state index in [4.69, 9.17) is 4.42 Å². The first-order valence-corrected chi connectivity index (χ1v) is 5.14. The van der Waals surface area contributed by atoms with E-state index in [-0.39, 0.29) is 18.1 Å². The molecule has 17 heavy (non-hydrogen) atoms. The third-order valence-electron chi connectivity index (χ3n) is 2.01. The monoisotopic (exact) mass is 238 g/mol. The second-order valence-electron chi connectivity index (χ2n) is 3.11. The molecule has 0 saturated heterocycles. The first-order valence-electron chi connectivity index (χ1n) is 5.14. The second kappa shape index (κ2) is 6.47. The minimum Gasteiger partial charge on any atom is -0.466 e. The summed E-state index contributed by atoms with van der Waals surface area (Å²) >= 11 is 0. The number of amides is 1. The lowest BCUT2D eigenvalue weighted by molar-refractivity contribution is -0.134. The zero-order valence-corrected chi connectivity index (χ0v) is 9.73. The van der Waals surface area contributed by atoms with Gasteiger partial charge in [-0.25, -0.2) is 9.78 Å². The summed E-state index contributed by atoms with van der Waals surface area (Å²) in [6, 6.07) is 0. The van der Waals surface area contributed by atoms with Crippen LogP contribution in [0.5, 0.6) is 0 Å². The molecule has 0 aliphatic carbocycles. The molecular weight excluding hydrogens is 224 g/mol. The molecule has 1 aromatic heterocycles. The van der Waals surface area contributed by atoms with Crippen LogP contribution in [0.2, 0.25) is 0 Å². The van der Waals surface area contributed by atoms with Crippen LogP contribution in [0.4, 0.5) is 0 Å². The van der Waals surface area contributed by atoms with E-state index in [2.05, 4.69) is 15.0 Å². The molecule has 92 valence electrons. The van der Waals surface area contributed by atoms with Crippen molar-refractivity contribution in [3.63, 3.8) is 0 Å². The smallest absolute Gasteiger partial charge is 0.330 e. The number of nitrogens with zero attached hydrogens (tertiary/aromatic N) is 1. The lowest BCUT2D eigenvalue weighted by Crippen LogP contribution is -2.24. The van der Waals surface area contributed by atoms with E-state index in [9.17, 15) is 9.59 Å². The number of carbonyl (C=O) groups is 2. The molecule has 1 N–H and O–H groups in total. The molecular formula is C11H14N2O4. The minimum absolute atomic E-state index is 0.226. The molecule has 6 nitrogen and oxygen atoms in total. The molecule has 0 radical (unpaired) electrons. The van der Waals surface area contributed by atoms with E-state index in [0.717, 1.165) is 0 Å². The molecule has 0 bridgehead atoms. The molecule has 0 fully saturated rings. The van der Waals surface area contributed by atoms with Gasteiger partial charge in [-0.1, -0.05) is 13.0 Å². The molecule has 1 amide bonds. The van der Waals surface area contributed by atoms with Gasteiger partial charge in [-0.2, -0.15) is 0 Å². The summed E-state index contributed by atoms with van der Waals surface area (Å²) in [6.45, 7) is 2.10. The van der Waals surface area contributed by atoms with E-state index in [1.54, 1.807) is 0 Å². The normalized spacial score (nSPS) is 10.5. The van der Waals surface area contributed by atoms with Crippen molar-refractivity contribution in [1.29, 1.82) is 0 Å². The number of esters is 1. The van der Waals surface area contributed by atoms with Gasteiger partial charge >= 0.3 is 5.97 Å². The highest BCUT2D eigenvalue weighted by atomic mass is 16.5. The predicted molar refractivity (Wildman–Crippen MR) is 59.4 cm³/mol. The first-order chi connectivity index (χ1) is 8.19. The van der Waals surface area contributed by atoms with Gasteiger partial charge in [0.1, 0.15) is 5.76 Å². The van der Waals surface area contributed by atoms with Crippen LogP contribution in [-0.4, -0.2) is 30.5 Å². The van der Waals surface area contributed by atoms with Gasteiger partial charge in [-0.05, 0) is 0 Å². The Balaban J connectivity index is 2.45. The summed E-state index contributed by atoms with van der Waals surface area (Å²) in [5.74, 6) is -0.250. The van der Waals surface area contributed by atoms with Crippen molar-refractivity contribution in [2.75, 3.05) is 13.7 Å². The summed E-state index contributed by atoms with van der Waals surface area (Å²) in [6.07, 6.45) is 4.57. The molecule has 0 spiro atoms. The molecule has 1 heterocycles. The van der Waals surface area contributed by atoms with Crippen LogP contribution in [-0.2, 0) is 16.0 Å². The van der Waals surface area contributed by atoms with Gasteiger partial charge in [0.25, 0.3) is 5.91 Å². The van der Waals surface area contributed by atoms with Crippen LogP contribution in [0, 0.1) is 0 Å². The molecule has 0 atom stereocenters. The average Bonchev–Trinajstić information content (AvgIpc) is 2.82. The van der Waals surface area contributed by atoms with Crippen LogP contribution >= 0.6 is 0 Å². The number of aromatic nitrogens is 1. The van der Waals surface area contributed by atoms with Gasteiger partial charge in [-0.15, -0.1) is 0 Å². The third kappa shape index (κ3) is 3.75. The van der Waals surface area contributed by atoms with Crippen LogP contribution in [0.1, 0.15) is 23.2 Å². The molecule has 6 heteroatoms. The number of hydrogen-bond donors (Lipinski definition) is 1. The summed E-state index contributed by atoms with van der Waals surface area (Å²) in [7, 11) is 1.29. The quantitative estimate of drug-likeness (QED) is 0.603. The largest absolute Gasteiger partial charge is 0.466 e. The summed E-state index contributed by atoms with van der Waals surface area (Å²) in [5, 5.41) is 2.58. The summed E-state index contributed by atoms with van der Waals surface area (Å²) in [4.78, 5) is 26.2. The molecule has 1 rings (SSSR count). The Labute approximate surface area is 98.7 Å². The van der Waals surface area contributed by atoms with E-state index >= 15 is 0 Å². The molecule has 0 saturated carbocycles. The van der Waals surface area contributed by atoms with E-state index < -0.39 is 5.97 Å². The number of nitrogens with one attached hydrogen (secondary N) is 1. The van der Waals surface area contributed by atoms with Gasteiger partial charge in [0.15, 0.2) is 12.1 Å². The fourth-order valence-electron chi connectivity index (χ4n) is 1.17. The second-order valence-corrected chi connectivity index (χ2v) is 3.11. The van der Waals surface area contributed by atoms with Crippen molar-refractivity contribution < 1.29 is 18.7 Å². The fraction of sp³-hybridized carbons (Fsp3) is 0.364. The topological polar surface area (TPSA) is 81.4 Å². The van der Waals surface area contributed by atoms with Crippen LogP contribution in [0.15, 0.2) is 23.0 Å². The van der Waals surface area contributed by atoms with Crippen molar-refractivity contribution in [2.24, 2.45) is 0 Å². The lowest BCUT2D eigenvalue weighted by atomic mass is 10.2. The average molecular weight is 238 g/mol. The zero-order valence-electron chi connectivity index (χ0n) is 9.73. The first kappa shape index (κ1) is 13.0. The Morgan fingerprint density at radius 1 is 1.59 bits per heavy atom. The van der Waals surface area contributed by atoms with Gasteiger partial charge < -0.3 is 14.5 Å². The van der Waals surface area contributed by atoms with Crippen molar-refractivity contribution in [2.45, 2.75) is 13.3 Å². The minimum atomic E-state index is -0.463. The predicted octanol–water partition coefficient (Wildman–Crippen LogP) is 0.696. The number of aryl methyl sites for hydroxylation is 1. The van der Waals surface area contributed by atoms with Gasteiger partial charge in [-0.3, -0.25) is 4.79 Å². The number of rotatable bonds is 5. The van der Waals surface area contributed by atoms with Gasteiger partial charge in [0, 0.05) is 19.0 Å². The SMILES string of the molecule is CCc1ocnc1C(=O)NC/C=C/C(=O)OC. The maximum Gasteiger partial charge on any atom is 0.330 e. The van der Waals surface area contributed by atoms with Crippen molar-refractivity contribution in [3.8, 4) is 0 Å². The van der Waals surface area contributed by atoms with E-state index in [1.807, 2.05) is 6.92 Å². The van der Waals surface area contributed by atoms with Gasteiger partial charge in [0.05, 0.1) is 7.11 Å². The molecule has 0 aliphatic rings. The molecule has 1 aromatic rings. The van der Waals surface area contributed by atoms with Crippen molar-refractivity contribution >= 4 is 11.9 Å². The van der Waals surface area contributed by atoms with Crippen molar-refractivity contribution in [1.82, 2.24) is 10.3 Å². The highest BCUT2D eigenvalue weighted by Gasteiger charge is 2.13. The number of ether oxygens (including phenoxy) is 1.